The van der Waals surface area contributed by atoms with Crippen molar-refractivity contribution in [2.24, 2.45) is 11.8 Å². The van der Waals surface area contributed by atoms with Crippen molar-refractivity contribution in [3.8, 4) is 0 Å². The number of hydrogen-bond acceptors (Lipinski definition) is 3. The number of amides is 2. The number of nitrogens with one attached hydrogen (secondary N) is 1. The molecule has 0 radical (unpaired) electrons. The van der Waals surface area contributed by atoms with Gasteiger partial charge in [-0.15, -0.1) is 0 Å². The van der Waals surface area contributed by atoms with E-state index >= 15 is 0 Å². The van der Waals surface area contributed by atoms with Crippen LogP contribution in [0.4, 0.5) is 0 Å². The zero-order valence-corrected chi connectivity index (χ0v) is 12.7. The standard InChI is InChI=1S/C15H27N3O2/c1-16-14(19)10-17(2)15(20)11-18-8-7-12-5-3-4-6-13(12)9-18/h12-13H,3-11H2,1-2H3,(H,16,19)/t12-,13+/m0/s1. The second-order valence-electron chi connectivity index (χ2n) is 6.25. The first-order valence-corrected chi connectivity index (χ1v) is 7.77. The van der Waals surface area contributed by atoms with Crippen LogP contribution < -0.4 is 5.32 Å². The van der Waals surface area contributed by atoms with Crippen LogP contribution in [0.1, 0.15) is 32.1 Å². The van der Waals surface area contributed by atoms with Gasteiger partial charge in [-0.25, -0.2) is 0 Å². The molecule has 0 unspecified atom stereocenters. The highest BCUT2D eigenvalue weighted by Crippen LogP contribution is 2.35. The van der Waals surface area contributed by atoms with Crippen LogP contribution in [0.15, 0.2) is 0 Å². The summed E-state index contributed by atoms with van der Waals surface area (Å²) in [6, 6.07) is 0. The van der Waals surface area contributed by atoms with E-state index in [9.17, 15) is 9.59 Å². The molecule has 1 aliphatic heterocycles. The molecule has 1 saturated carbocycles. The van der Waals surface area contributed by atoms with Crippen LogP contribution in [-0.4, -0.2) is 61.9 Å². The molecule has 0 spiro atoms. The third-order valence-electron chi connectivity index (χ3n) is 4.82. The Balaban J connectivity index is 1.78. The molecule has 0 aromatic carbocycles. The Morgan fingerprint density at radius 3 is 2.60 bits per heavy atom. The van der Waals surface area contributed by atoms with Crippen molar-refractivity contribution in [3.63, 3.8) is 0 Å². The third-order valence-corrected chi connectivity index (χ3v) is 4.82. The van der Waals surface area contributed by atoms with E-state index in [1.54, 1.807) is 14.1 Å². The first-order valence-electron chi connectivity index (χ1n) is 7.77. The van der Waals surface area contributed by atoms with Crippen molar-refractivity contribution >= 4 is 11.8 Å². The summed E-state index contributed by atoms with van der Waals surface area (Å²) in [6.45, 7) is 2.69. The van der Waals surface area contributed by atoms with Gasteiger partial charge in [-0.3, -0.25) is 14.5 Å². The van der Waals surface area contributed by atoms with Crippen LogP contribution in [-0.2, 0) is 9.59 Å². The molecule has 1 heterocycles. The molecule has 20 heavy (non-hydrogen) atoms. The zero-order chi connectivity index (χ0) is 14.5. The van der Waals surface area contributed by atoms with Crippen molar-refractivity contribution < 1.29 is 9.59 Å². The average Bonchev–Trinajstić information content (AvgIpc) is 2.46. The summed E-state index contributed by atoms with van der Waals surface area (Å²) in [5.74, 6) is 1.60. The lowest BCUT2D eigenvalue weighted by atomic mass is 9.75. The number of hydrogen-bond donors (Lipinski definition) is 1. The number of carbonyl (C=O) groups is 2. The smallest absolute Gasteiger partial charge is 0.239 e. The highest BCUT2D eigenvalue weighted by atomic mass is 16.2. The molecule has 5 nitrogen and oxygen atoms in total. The van der Waals surface area contributed by atoms with E-state index in [1.165, 1.54) is 37.0 Å². The van der Waals surface area contributed by atoms with Gasteiger partial charge in [-0.05, 0) is 31.2 Å². The molecular formula is C15H27N3O2. The molecule has 114 valence electrons. The summed E-state index contributed by atoms with van der Waals surface area (Å²) < 4.78 is 0. The Bertz CT molecular complexity index is 359. The molecule has 0 aromatic rings. The largest absolute Gasteiger partial charge is 0.358 e. The van der Waals surface area contributed by atoms with Gasteiger partial charge in [0.15, 0.2) is 0 Å². The van der Waals surface area contributed by atoms with Crippen molar-refractivity contribution in [2.75, 3.05) is 40.3 Å². The highest BCUT2D eigenvalue weighted by Gasteiger charge is 2.31. The van der Waals surface area contributed by atoms with Crippen LogP contribution in [0.25, 0.3) is 0 Å². The molecule has 2 rings (SSSR count). The number of rotatable bonds is 4. The molecule has 2 atom stereocenters. The molecule has 5 heteroatoms. The van der Waals surface area contributed by atoms with E-state index in [0.717, 1.165) is 24.9 Å². The van der Waals surface area contributed by atoms with Crippen LogP contribution >= 0.6 is 0 Å². The van der Waals surface area contributed by atoms with Gasteiger partial charge in [0, 0.05) is 20.6 Å². The minimum absolute atomic E-state index is 0.0443. The highest BCUT2D eigenvalue weighted by molar-refractivity contribution is 5.85. The van der Waals surface area contributed by atoms with Crippen LogP contribution in [0.3, 0.4) is 0 Å². The second-order valence-corrected chi connectivity index (χ2v) is 6.25. The fourth-order valence-corrected chi connectivity index (χ4v) is 3.51. The lowest BCUT2D eigenvalue weighted by molar-refractivity contribution is -0.136. The Morgan fingerprint density at radius 2 is 1.90 bits per heavy atom. The van der Waals surface area contributed by atoms with Crippen LogP contribution in [0.2, 0.25) is 0 Å². The lowest BCUT2D eigenvalue weighted by Gasteiger charge is -2.41. The zero-order valence-electron chi connectivity index (χ0n) is 12.7. The molecule has 1 N–H and O–H groups in total. The molecule has 2 amide bonds. The summed E-state index contributed by atoms with van der Waals surface area (Å²) in [5, 5.41) is 2.55. The van der Waals surface area contributed by atoms with E-state index in [-0.39, 0.29) is 18.4 Å². The maximum absolute atomic E-state index is 12.1. The molecule has 1 aliphatic carbocycles. The van der Waals surface area contributed by atoms with E-state index in [0.29, 0.717) is 6.54 Å². The van der Waals surface area contributed by atoms with E-state index in [2.05, 4.69) is 10.2 Å². The topological polar surface area (TPSA) is 52.7 Å². The minimum atomic E-state index is -0.119. The quantitative estimate of drug-likeness (QED) is 0.825. The van der Waals surface area contributed by atoms with Gasteiger partial charge in [0.05, 0.1) is 13.1 Å². The monoisotopic (exact) mass is 281 g/mol. The van der Waals surface area contributed by atoms with Crippen LogP contribution in [0, 0.1) is 11.8 Å². The van der Waals surface area contributed by atoms with E-state index < -0.39 is 0 Å². The van der Waals surface area contributed by atoms with Crippen LogP contribution in [0.5, 0.6) is 0 Å². The van der Waals surface area contributed by atoms with Gasteiger partial charge >= 0.3 is 0 Å². The Kier molecular flexibility index (Phi) is 5.40. The summed E-state index contributed by atoms with van der Waals surface area (Å²) in [7, 11) is 3.29. The number of fused-ring (bicyclic) bond motifs is 1. The van der Waals surface area contributed by atoms with Gasteiger partial charge in [0.1, 0.15) is 0 Å². The first kappa shape index (κ1) is 15.3. The van der Waals surface area contributed by atoms with Gasteiger partial charge < -0.3 is 10.2 Å². The van der Waals surface area contributed by atoms with Gasteiger partial charge in [0.25, 0.3) is 0 Å². The fraction of sp³-hybridized carbons (Fsp3) is 0.867. The van der Waals surface area contributed by atoms with E-state index in [4.69, 9.17) is 0 Å². The number of nitrogens with zero attached hydrogens (tertiary/aromatic N) is 2. The Labute approximate surface area is 121 Å². The number of piperidine rings is 1. The number of carbonyl (C=O) groups excluding carboxylic acids is 2. The van der Waals surface area contributed by atoms with Gasteiger partial charge in [-0.2, -0.15) is 0 Å². The fourth-order valence-electron chi connectivity index (χ4n) is 3.51. The summed E-state index contributed by atoms with van der Waals surface area (Å²) in [5.41, 5.74) is 0. The van der Waals surface area contributed by atoms with Crippen molar-refractivity contribution in [2.45, 2.75) is 32.1 Å². The molecule has 0 aromatic heterocycles. The van der Waals surface area contributed by atoms with Gasteiger partial charge in [0.2, 0.25) is 11.8 Å². The summed E-state index contributed by atoms with van der Waals surface area (Å²) >= 11 is 0. The van der Waals surface area contributed by atoms with Crippen molar-refractivity contribution in [1.82, 2.24) is 15.1 Å². The minimum Gasteiger partial charge on any atom is -0.358 e. The van der Waals surface area contributed by atoms with Crippen molar-refractivity contribution in [3.05, 3.63) is 0 Å². The van der Waals surface area contributed by atoms with Gasteiger partial charge in [-0.1, -0.05) is 19.3 Å². The lowest BCUT2D eigenvalue weighted by Crippen LogP contribution is -2.47. The average molecular weight is 281 g/mol. The van der Waals surface area contributed by atoms with E-state index in [1.807, 2.05) is 0 Å². The molecule has 0 bridgehead atoms. The molecule has 1 saturated heterocycles. The summed E-state index contributed by atoms with van der Waals surface area (Å²) in [6.07, 6.45) is 6.66. The normalized spacial score (nSPS) is 26.7. The first-order chi connectivity index (χ1) is 9.60. The maximum atomic E-state index is 12.1. The SMILES string of the molecule is CNC(=O)CN(C)C(=O)CN1CC[C@@H]2CCCC[C@@H]2C1. The Hall–Kier alpha value is -1.10. The third kappa shape index (κ3) is 3.95. The Morgan fingerprint density at radius 1 is 1.20 bits per heavy atom. The van der Waals surface area contributed by atoms with Crippen molar-refractivity contribution in [1.29, 1.82) is 0 Å². The predicted molar refractivity (Wildman–Crippen MR) is 78.2 cm³/mol. The maximum Gasteiger partial charge on any atom is 0.239 e. The second kappa shape index (κ2) is 7.07. The predicted octanol–water partition coefficient (Wildman–Crippen LogP) is 0.703. The number of likely N-dealkylation sites (N-methyl/N-ethyl adjacent to an activating group) is 2. The molecule has 2 fully saturated rings. The molecular weight excluding hydrogens is 254 g/mol. The molecule has 2 aliphatic rings. The number of likely N-dealkylation sites (tertiary alicyclic amines) is 1. The summed E-state index contributed by atoms with van der Waals surface area (Å²) in [4.78, 5) is 27.2.